The minimum atomic E-state index is -1.34. The van der Waals surface area contributed by atoms with Gasteiger partial charge < -0.3 is 57.9 Å². The van der Waals surface area contributed by atoms with Gasteiger partial charge in [-0.25, -0.2) is 29.3 Å². The van der Waals surface area contributed by atoms with Crippen molar-refractivity contribution in [1.29, 1.82) is 0 Å². The van der Waals surface area contributed by atoms with Crippen molar-refractivity contribution < 1.29 is 58.5 Å². The minimum Gasteiger partial charge on any atom is -0.479 e. The molecule has 6 aromatic rings. The second-order valence-electron chi connectivity index (χ2n) is 36.1. The minimum absolute atomic E-state index is 0.0109. The Morgan fingerprint density at radius 2 is 0.735 bits per heavy atom. The molecule has 628 valence electrons. The van der Waals surface area contributed by atoms with Gasteiger partial charge in [0.05, 0.1) is 52.9 Å². The quantitative estimate of drug-likeness (QED) is 0.0363. The van der Waals surface area contributed by atoms with E-state index in [0.717, 1.165) is 103 Å². The number of nitrogens with zero attached hydrogens (tertiary/aromatic N) is 13. The van der Waals surface area contributed by atoms with Crippen LogP contribution in [-0.2, 0) is 43.2 Å². The number of hydrogen-bond acceptors (Lipinski definition) is 21. The van der Waals surface area contributed by atoms with E-state index in [1.54, 1.807) is 18.7 Å². The summed E-state index contributed by atoms with van der Waals surface area (Å²) in [5.74, 6) is 0.714. The van der Waals surface area contributed by atoms with Gasteiger partial charge in [0.15, 0.2) is 22.8 Å². The first kappa shape index (κ1) is 81.9. The Balaban J connectivity index is 0.000000132. The molecule has 3 aromatic heterocycles. The summed E-state index contributed by atoms with van der Waals surface area (Å²) in [6.07, 6.45) is 38.2. The normalized spacial score (nSPS) is 31.3. The van der Waals surface area contributed by atoms with Crippen LogP contribution >= 0.6 is 0 Å². The van der Waals surface area contributed by atoms with Gasteiger partial charge in [-0.1, -0.05) is 129 Å². The molecular weight excluding hydrogens is 1490 g/mol. The molecule has 28 heteroatoms. The fraction of sp³-hybridized carbons (Fsp3) is 0.652. The fourth-order valence-electron chi connectivity index (χ4n) is 24.4. The van der Waals surface area contributed by atoms with Gasteiger partial charge in [0.2, 0.25) is 18.0 Å². The third-order valence-electron chi connectivity index (χ3n) is 28.6. The number of oxime groups is 3. The van der Waals surface area contributed by atoms with E-state index in [0.29, 0.717) is 72.1 Å². The molecule has 6 saturated carbocycles. The number of rotatable bonds is 20. The number of piperidine rings is 5. The number of ether oxygens (including phenoxy) is 2. The molecule has 12 atom stereocenters. The number of carboxylic acid groups (broad SMARTS) is 3. The molecule has 12 fully saturated rings. The first-order valence-corrected chi connectivity index (χ1v) is 43.7. The van der Waals surface area contributed by atoms with Gasteiger partial charge in [-0.15, -0.1) is 0 Å². The number of morpholine rings is 1. The molecular formula is C89H117N13O15. The Labute approximate surface area is 682 Å². The number of para-hydroxylation sites is 6. The van der Waals surface area contributed by atoms with Crippen molar-refractivity contribution in [3.05, 3.63) is 121 Å². The van der Waals surface area contributed by atoms with Gasteiger partial charge in [-0.3, -0.25) is 33.9 Å². The highest BCUT2D eigenvalue weighted by Gasteiger charge is 2.50. The standard InChI is InChI=1S/C31H41N5O5.C30H40N4O5.C28H36N4O5/c1-34(2)30(39)29(33-41-18-27(37)38)28-31(40)36(26-12-4-3-11-25(26)32-28)24-16-21-9-6-10-22(17-24)35(21)23-14-19-7-5-8-20(13-19)15-23;1-38-12-13-39-32-28(30(36)37)27-29(35)34(26-11-3-2-10-25(26)31-27)24-17-21-8-5-9-22(18-24)33(21)23-15-19-6-4-7-20(14-19)16-23;1-36-30-26(28(34)35)25-27(33)32(24-9-5-4-8-23(24)29-25)20-13-21-15-37-16-22(14-20)31(21)19-11-17-6-2-3-7-18(10-17)12-19/h3-4,11-12,19-24H,5-10,13-18H2,1-2H3,(H,37,38);2-3,10-11,19-24H,4-9,12-18H2,1H3,(H,36,37);4-5,8-9,17-22H,2-3,6-7,10-16H2,1H3,(H,34,35)/b33-29-;32-28-;30-26-. The average Bonchev–Trinajstić information content (AvgIpc) is 0.830. The topological polar surface area (TPSA) is 330 Å². The fourth-order valence-corrected chi connectivity index (χ4v) is 24.4. The molecule has 0 radical (unpaired) electrons. The summed E-state index contributed by atoms with van der Waals surface area (Å²) in [6, 6.07) is 26.6. The molecule has 0 spiro atoms. The van der Waals surface area contributed by atoms with Gasteiger partial charge >= 0.3 is 17.9 Å². The molecule has 12 unspecified atom stereocenters. The van der Waals surface area contributed by atoms with Crippen molar-refractivity contribution in [1.82, 2.24) is 48.3 Å². The van der Waals surface area contributed by atoms with E-state index >= 15 is 0 Å². The van der Waals surface area contributed by atoms with Crippen molar-refractivity contribution in [2.24, 2.45) is 51.0 Å². The molecule has 6 saturated heterocycles. The zero-order valence-electron chi connectivity index (χ0n) is 68.3. The van der Waals surface area contributed by atoms with Gasteiger partial charge in [-0.2, -0.15) is 0 Å². The SMILES string of the molecule is CN(C)C(=O)/C(=N\OCC(=O)O)c1nc2ccccc2n(C2CC3CCCC(C2)N3C2CC3CCCC(C3)C2)c1=O.CO/N=C(\C(=O)O)c1nc2ccccc2n(C2CC3COCC(C2)N3C2CC3CCCCC(C3)C2)c1=O.COCCO/N=C(\C(=O)O)c1nc2ccccc2n(C2CC3CCCC(C2)N3C2CC3CCCC(C3)C2)c1=O. The van der Waals surface area contributed by atoms with Crippen LogP contribution in [0.5, 0.6) is 0 Å². The number of carboxylic acids is 3. The lowest BCUT2D eigenvalue weighted by Gasteiger charge is -2.55. The second kappa shape index (κ2) is 36.4. The van der Waals surface area contributed by atoms with E-state index in [1.807, 2.05) is 81.9 Å². The summed E-state index contributed by atoms with van der Waals surface area (Å²) in [4.78, 5) is 128. The molecule has 6 aliphatic heterocycles. The van der Waals surface area contributed by atoms with E-state index < -0.39 is 53.0 Å². The average molecular weight is 1610 g/mol. The van der Waals surface area contributed by atoms with Crippen LogP contribution < -0.4 is 16.7 Å². The summed E-state index contributed by atoms with van der Waals surface area (Å²) >= 11 is 0. The number of likely N-dealkylation sites (N-methyl/N-ethyl adjacent to an activating group) is 1. The Bertz CT molecular complexity index is 4830. The van der Waals surface area contributed by atoms with Crippen molar-refractivity contribution in [2.45, 2.75) is 272 Å². The van der Waals surface area contributed by atoms with Crippen molar-refractivity contribution in [2.75, 3.05) is 61.3 Å². The van der Waals surface area contributed by atoms with Crippen LogP contribution in [0, 0.1) is 35.5 Å². The molecule has 3 N–H and O–H groups in total. The molecule has 28 nitrogen and oxygen atoms in total. The zero-order chi connectivity index (χ0) is 81.1. The highest BCUT2D eigenvalue weighted by molar-refractivity contribution is 6.44. The van der Waals surface area contributed by atoms with Gasteiger partial charge in [0.1, 0.15) is 13.7 Å². The predicted molar refractivity (Wildman–Crippen MR) is 442 cm³/mol. The molecule has 12 aliphatic rings. The maximum Gasteiger partial charge on any atom is 0.360 e. The van der Waals surface area contributed by atoms with E-state index in [2.05, 4.69) is 45.1 Å². The number of aliphatic carboxylic acids is 3. The number of fused-ring (bicyclic) bond motifs is 15. The number of benzene rings is 3. The van der Waals surface area contributed by atoms with Crippen molar-refractivity contribution in [3.8, 4) is 0 Å². The van der Waals surface area contributed by atoms with E-state index in [-0.39, 0.29) is 71.8 Å². The Hall–Kier alpha value is -8.83. The molecule has 6 aliphatic carbocycles. The lowest BCUT2D eigenvalue weighted by molar-refractivity contribution is -0.142. The summed E-state index contributed by atoms with van der Waals surface area (Å²) < 4.78 is 16.4. The maximum atomic E-state index is 14.2. The highest BCUT2D eigenvalue weighted by Crippen LogP contribution is 2.51. The summed E-state index contributed by atoms with van der Waals surface area (Å²) in [6.45, 7) is 0.968. The Kier molecular flexibility index (Phi) is 25.5. The van der Waals surface area contributed by atoms with Crippen LogP contribution in [0.4, 0.5) is 0 Å². The molecule has 9 heterocycles. The summed E-state index contributed by atoms with van der Waals surface area (Å²) in [7, 11) is 5.88. The van der Waals surface area contributed by atoms with Crippen LogP contribution in [0.1, 0.15) is 234 Å². The second-order valence-corrected chi connectivity index (χ2v) is 36.1. The van der Waals surface area contributed by atoms with Crippen LogP contribution in [-0.4, -0.2) is 220 Å². The van der Waals surface area contributed by atoms with E-state index in [9.17, 15) is 43.8 Å². The highest BCUT2D eigenvalue weighted by atomic mass is 16.6. The monoisotopic (exact) mass is 1610 g/mol. The summed E-state index contributed by atoms with van der Waals surface area (Å²) in [5.41, 5.74) is 1.03. The Morgan fingerprint density at radius 3 is 1.09 bits per heavy atom. The number of hydrogen-bond donors (Lipinski definition) is 3. The van der Waals surface area contributed by atoms with Gasteiger partial charge in [0.25, 0.3) is 22.6 Å². The molecule has 18 rings (SSSR count). The number of methoxy groups -OCH3 is 1. The maximum absolute atomic E-state index is 14.2. The third-order valence-corrected chi connectivity index (χ3v) is 28.6. The number of carbonyl (C=O) groups excluding carboxylic acids is 1. The van der Waals surface area contributed by atoms with Crippen molar-refractivity contribution in [3.63, 3.8) is 0 Å². The first-order chi connectivity index (χ1) is 56.9. The number of carbonyl (C=O) groups is 4. The lowest BCUT2D eigenvalue weighted by Crippen LogP contribution is -2.62. The first-order valence-electron chi connectivity index (χ1n) is 43.7. The van der Waals surface area contributed by atoms with Gasteiger partial charge in [0, 0.05) is 93.7 Å². The number of amides is 1. The number of aromatic nitrogens is 6. The van der Waals surface area contributed by atoms with Crippen molar-refractivity contribution >= 4 is 74.1 Å². The van der Waals surface area contributed by atoms with E-state index in [4.69, 9.17) is 29.1 Å². The van der Waals surface area contributed by atoms with Crippen LogP contribution in [0.3, 0.4) is 0 Å². The Morgan fingerprint density at radius 1 is 0.402 bits per heavy atom. The molecule has 12 bridgehead atoms. The van der Waals surface area contributed by atoms with Crippen LogP contribution in [0.25, 0.3) is 33.1 Å². The predicted octanol–water partition coefficient (Wildman–Crippen LogP) is 11.8. The van der Waals surface area contributed by atoms with Crippen LogP contribution in [0.15, 0.2) is 103 Å². The van der Waals surface area contributed by atoms with E-state index in [1.165, 1.54) is 167 Å². The zero-order valence-corrected chi connectivity index (χ0v) is 68.3. The third kappa shape index (κ3) is 17.5. The molecule has 1 amide bonds. The lowest BCUT2D eigenvalue weighted by atomic mass is 9.68. The largest absolute Gasteiger partial charge is 0.479 e. The smallest absolute Gasteiger partial charge is 0.360 e. The van der Waals surface area contributed by atoms with Crippen LogP contribution in [0.2, 0.25) is 0 Å². The summed E-state index contributed by atoms with van der Waals surface area (Å²) in [5, 5.41) is 39.9. The molecule has 3 aromatic carbocycles. The molecule has 117 heavy (non-hydrogen) atoms. The van der Waals surface area contributed by atoms with Gasteiger partial charge in [-0.05, 0) is 194 Å².